The Balaban J connectivity index is 4.71. The number of aliphatic hydroxyl groups is 1. The van der Waals surface area contributed by atoms with Crippen molar-refractivity contribution < 1.29 is 52.2 Å². The molecule has 0 aromatic heterocycles. The molecule has 0 aromatic rings. The minimum atomic E-state index is -4.75. The molecule has 432 valence electrons. The molecule has 0 aliphatic heterocycles. The molecule has 12 heteroatoms. The molecule has 0 saturated carbocycles. The van der Waals surface area contributed by atoms with Crippen LogP contribution in [-0.4, -0.2) is 66.5 Å². The molecule has 0 heterocycles. The Hall–Kier alpha value is -2.56. The van der Waals surface area contributed by atoms with Crippen LogP contribution in [-0.2, 0) is 42.2 Å². The highest BCUT2D eigenvalue weighted by Gasteiger charge is 2.28. The third kappa shape index (κ3) is 54.2. The van der Waals surface area contributed by atoms with Gasteiger partial charge in [0.15, 0.2) is 6.10 Å². The number of aliphatic hydroxyl groups excluding tert-OH is 1. The van der Waals surface area contributed by atoms with E-state index in [1.807, 2.05) is 0 Å². The van der Waals surface area contributed by atoms with Crippen LogP contribution in [0.5, 0.6) is 0 Å². The standard InChI is InChI=1S/C62H113O11P/c1-4-7-10-13-16-19-22-25-28-29-32-33-36-39-42-45-48-51-60(64)69-55-59(73-62(66)53-50-47-44-41-38-35-31-27-24-21-18-15-12-9-6-3)57-71-74(67,68)70-56-58(54-63)72-61(65)52-49-46-43-40-37-34-30-26-23-20-17-14-11-8-5-2/h16,18-19,21,25,27-28,31,58-59,63H,4-15,17,20,22-24,26,29-30,32-57H2,1-3H3,(H,67,68)/b19-16-,21-18-,28-25-,31-27-. The van der Waals surface area contributed by atoms with E-state index in [-0.39, 0.29) is 25.9 Å². The Labute approximate surface area is 453 Å². The van der Waals surface area contributed by atoms with Crippen molar-refractivity contribution in [3.63, 3.8) is 0 Å². The van der Waals surface area contributed by atoms with E-state index in [9.17, 15) is 28.9 Å². The summed E-state index contributed by atoms with van der Waals surface area (Å²) in [5.74, 6) is -1.47. The number of esters is 3. The van der Waals surface area contributed by atoms with Gasteiger partial charge in [0.05, 0.1) is 19.8 Å². The SMILES string of the molecule is CCCCC/C=C\C/C=C\CCCCCCCCCC(=O)OCC(COP(=O)(O)OCC(CO)OC(=O)CCCCCCCCCCCCCCCCC)OC(=O)CCCCCCC/C=C\C/C=C\CCCCC. The van der Waals surface area contributed by atoms with Gasteiger partial charge in [0.1, 0.15) is 12.7 Å². The minimum absolute atomic E-state index is 0.152. The number of carbonyl (C=O) groups is 3. The van der Waals surface area contributed by atoms with Crippen LogP contribution in [0.15, 0.2) is 48.6 Å². The van der Waals surface area contributed by atoms with Crippen LogP contribution in [0.1, 0.15) is 290 Å². The average Bonchev–Trinajstić information content (AvgIpc) is 3.39. The first-order valence-corrected chi connectivity index (χ1v) is 32.0. The topological polar surface area (TPSA) is 155 Å². The number of phosphoric ester groups is 1. The number of allylic oxidation sites excluding steroid dienone is 8. The molecule has 0 radical (unpaired) electrons. The van der Waals surface area contributed by atoms with Crippen molar-refractivity contribution in [1.82, 2.24) is 0 Å². The lowest BCUT2D eigenvalue weighted by atomic mass is 10.0. The van der Waals surface area contributed by atoms with Gasteiger partial charge in [-0.3, -0.25) is 23.4 Å². The van der Waals surface area contributed by atoms with Crippen LogP contribution in [0.4, 0.5) is 0 Å². The highest BCUT2D eigenvalue weighted by atomic mass is 31.2. The number of ether oxygens (including phenoxy) is 3. The Morgan fingerprint density at radius 3 is 1.03 bits per heavy atom. The van der Waals surface area contributed by atoms with Crippen molar-refractivity contribution >= 4 is 25.7 Å². The second kappa shape index (κ2) is 56.6. The molecule has 0 spiro atoms. The normalized spacial score (nSPS) is 13.6. The van der Waals surface area contributed by atoms with Gasteiger partial charge in [-0.05, 0) is 83.5 Å². The lowest BCUT2D eigenvalue weighted by Gasteiger charge is -2.21. The minimum Gasteiger partial charge on any atom is -0.462 e. The van der Waals surface area contributed by atoms with E-state index in [1.54, 1.807) is 0 Å². The van der Waals surface area contributed by atoms with Gasteiger partial charge in [-0.2, -0.15) is 0 Å². The van der Waals surface area contributed by atoms with E-state index in [0.717, 1.165) is 96.3 Å². The van der Waals surface area contributed by atoms with Gasteiger partial charge >= 0.3 is 25.7 Å². The average molecular weight is 1070 g/mol. The molecular weight excluding hydrogens is 952 g/mol. The van der Waals surface area contributed by atoms with Crippen molar-refractivity contribution in [2.45, 2.75) is 303 Å². The molecule has 2 N–H and O–H groups in total. The number of hydrogen-bond donors (Lipinski definition) is 2. The third-order valence-electron chi connectivity index (χ3n) is 13.2. The molecule has 0 rings (SSSR count). The molecule has 74 heavy (non-hydrogen) atoms. The van der Waals surface area contributed by atoms with Gasteiger partial charge in [-0.25, -0.2) is 4.57 Å². The van der Waals surface area contributed by atoms with E-state index >= 15 is 0 Å². The van der Waals surface area contributed by atoms with Gasteiger partial charge in [-0.15, -0.1) is 0 Å². The van der Waals surface area contributed by atoms with Crippen molar-refractivity contribution in [3.8, 4) is 0 Å². The molecule has 0 bridgehead atoms. The van der Waals surface area contributed by atoms with Crippen molar-refractivity contribution in [3.05, 3.63) is 48.6 Å². The number of carbonyl (C=O) groups excluding carboxylic acids is 3. The summed E-state index contributed by atoms with van der Waals surface area (Å²) >= 11 is 0. The molecule has 0 amide bonds. The number of hydrogen-bond acceptors (Lipinski definition) is 10. The monoisotopic (exact) mass is 1060 g/mol. The smallest absolute Gasteiger partial charge is 0.462 e. The van der Waals surface area contributed by atoms with Gasteiger partial charge in [-0.1, -0.05) is 236 Å². The van der Waals surface area contributed by atoms with Crippen molar-refractivity contribution in [1.29, 1.82) is 0 Å². The van der Waals surface area contributed by atoms with Crippen LogP contribution < -0.4 is 0 Å². The summed E-state index contributed by atoms with van der Waals surface area (Å²) in [4.78, 5) is 48.6. The number of unbranched alkanes of at least 4 members (excludes halogenated alkanes) is 32. The maximum atomic E-state index is 12.9. The second-order valence-corrected chi connectivity index (χ2v) is 22.0. The highest BCUT2D eigenvalue weighted by Crippen LogP contribution is 2.43. The zero-order chi connectivity index (χ0) is 54.1. The molecular formula is C62H113O11P. The molecule has 11 nitrogen and oxygen atoms in total. The zero-order valence-electron chi connectivity index (χ0n) is 47.8. The largest absolute Gasteiger partial charge is 0.472 e. The molecule has 0 fully saturated rings. The summed E-state index contributed by atoms with van der Waals surface area (Å²) in [7, 11) is -4.75. The van der Waals surface area contributed by atoms with E-state index in [2.05, 4.69) is 69.4 Å². The number of rotatable bonds is 57. The fraction of sp³-hybridized carbons (Fsp3) is 0.823. The zero-order valence-corrected chi connectivity index (χ0v) is 48.7. The van der Waals surface area contributed by atoms with Gasteiger partial charge < -0.3 is 24.2 Å². The summed E-state index contributed by atoms with van der Waals surface area (Å²) in [6.07, 6.45) is 60.6. The number of phosphoric acid groups is 1. The van der Waals surface area contributed by atoms with Gasteiger partial charge in [0.25, 0.3) is 0 Å². The fourth-order valence-corrected chi connectivity index (χ4v) is 9.32. The Morgan fingerprint density at radius 1 is 0.378 bits per heavy atom. The quantitative estimate of drug-likeness (QED) is 0.0197. The first-order valence-electron chi connectivity index (χ1n) is 30.5. The van der Waals surface area contributed by atoms with Gasteiger partial charge in [0.2, 0.25) is 0 Å². The predicted octanol–water partition coefficient (Wildman–Crippen LogP) is 18.1. The van der Waals surface area contributed by atoms with E-state index in [4.69, 9.17) is 23.3 Å². The lowest BCUT2D eigenvalue weighted by Crippen LogP contribution is -2.30. The second-order valence-electron chi connectivity index (χ2n) is 20.5. The third-order valence-corrected chi connectivity index (χ3v) is 14.2. The van der Waals surface area contributed by atoms with E-state index < -0.39 is 57.8 Å². The molecule has 0 aliphatic rings. The Kier molecular flexibility index (Phi) is 54.7. The van der Waals surface area contributed by atoms with Crippen LogP contribution in [0.2, 0.25) is 0 Å². The maximum Gasteiger partial charge on any atom is 0.472 e. The molecule has 0 aromatic carbocycles. The van der Waals surface area contributed by atoms with Crippen LogP contribution >= 0.6 is 7.82 Å². The fourth-order valence-electron chi connectivity index (χ4n) is 8.54. The van der Waals surface area contributed by atoms with Crippen LogP contribution in [0.3, 0.4) is 0 Å². The summed E-state index contributed by atoms with van der Waals surface area (Å²) in [5, 5.41) is 9.83. The molecule has 0 saturated heterocycles. The summed E-state index contributed by atoms with van der Waals surface area (Å²) < 4.78 is 39.6. The van der Waals surface area contributed by atoms with Crippen molar-refractivity contribution in [2.24, 2.45) is 0 Å². The Morgan fingerprint density at radius 2 is 0.662 bits per heavy atom. The summed E-state index contributed by atoms with van der Waals surface area (Å²) in [6.45, 7) is 4.61. The van der Waals surface area contributed by atoms with Crippen LogP contribution in [0, 0.1) is 0 Å². The van der Waals surface area contributed by atoms with Gasteiger partial charge in [0, 0.05) is 19.3 Å². The summed E-state index contributed by atoms with van der Waals surface area (Å²) in [5.41, 5.74) is 0. The Bertz CT molecular complexity index is 1430. The van der Waals surface area contributed by atoms with Crippen LogP contribution in [0.25, 0.3) is 0 Å². The van der Waals surface area contributed by atoms with E-state index in [0.29, 0.717) is 19.3 Å². The van der Waals surface area contributed by atoms with Crippen molar-refractivity contribution in [2.75, 3.05) is 26.4 Å². The summed E-state index contributed by atoms with van der Waals surface area (Å²) in [6, 6.07) is 0. The molecule has 3 unspecified atom stereocenters. The molecule has 0 aliphatic carbocycles. The first-order chi connectivity index (χ1) is 36.2. The molecule has 3 atom stereocenters. The highest BCUT2D eigenvalue weighted by molar-refractivity contribution is 7.47. The predicted molar refractivity (Wildman–Crippen MR) is 307 cm³/mol. The first kappa shape index (κ1) is 71.4. The lowest BCUT2D eigenvalue weighted by molar-refractivity contribution is -0.161. The van der Waals surface area contributed by atoms with E-state index in [1.165, 1.54) is 135 Å². The maximum absolute atomic E-state index is 12.9.